The van der Waals surface area contributed by atoms with Crippen molar-refractivity contribution in [2.24, 2.45) is 11.5 Å². The Balaban J connectivity index is 2.22. The van der Waals surface area contributed by atoms with Crippen molar-refractivity contribution in [3.8, 4) is 5.69 Å². The van der Waals surface area contributed by atoms with Crippen LogP contribution in [0.5, 0.6) is 0 Å². The first-order chi connectivity index (χ1) is 11.7. The second-order valence-electron chi connectivity index (χ2n) is 5.69. The van der Waals surface area contributed by atoms with Crippen LogP contribution in [0.3, 0.4) is 0 Å². The molecule has 0 aliphatic heterocycles. The van der Waals surface area contributed by atoms with Gasteiger partial charge in [-0.15, -0.1) is 0 Å². The molecule has 0 unspecified atom stereocenters. The van der Waals surface area contributed by atoms with E-state index in [-0.39, 0.29) is 6.42 Å². The van der Waals surface area contributed by atoms with Gasteiger partial charge < -0.3 is 21.4 Å². The van der Waals surface area contributed by atoms with Crippen molar-refractivity contribution in [3.63, 3.8) is 0 Å². The Morgan fingerprint density at radius 1 is 1.12 bits per heavy atom. The lowest BCUT2D eigenvalue weighted by Gasteiger charge is -2.12. The van der Waals surface area contributed by atoms with Crippen molar-refractivity contribution in [3.05, 3.63) is 52.3 Å². The van der Waals surface area contributed by atoms with Gasteiger partial charge in [-0.05, 0) is 49.7 Å². The smallest absolute Gasteiger partial charge is 0.249 e. The molecule has 0 saturated heterocycles. The van der Waals surface area contributed by atoms with Gasteiger partial charge in [0.25, 0.3) is 0 Å². The molecule has 0 saturated carbocycles. The standard InChI is InChI=1S/C17H19ClN4O3/c1-9-7-11(8-14(23)21-15(16(19)24)17(20)25)10(2)22(9)13-5-3-12(18)4-6-13/h3-7,15H,8H2,1-2H3,(H2,19,24)(H2,20,25)(H,21,23). The largest absolute Gasteiger partial charge is 0.367 e. The molecule has 0 spiro atoms. The van der Waals surface area contributed by atoms with Gasteiger partial charge in [0.05, 0.1) is 6.42 Å². The second kappa shape index (κ2) is 7.40. The highest BCUT2D eigenvalue weighted by Crippen LogP contribution is 2.22. The minimum atomic E-state index is -1.52. The van der Waals surface area contributed by atoms with Crippen LogP contribution in [-0.4, -0.2) is 28.3 Å². The third kappa shape index (κ3) is 4.19. The topological polar surface area (TPSA) is 120 Å². The van der Waals surface area contributed by atoms with E-state index in [0.29, 0.717) is 5.02 Å². The highest BCUT2D eigenvalue weighted by Gasteiger charge is 2.24. The van der Waals surface area contributed by atoms with Crippen molar-refractivity contribution < 1.29 is 14.4 Å². The number of rotatable bonds is 6. The molecule has 0 radical (unpaired) electrons. The first kappa shape index (κ1) is 18.5. The molecule has 3 amide bonds. The van der Waals surface area contributed by atoms with E-state index < -0.39 is 23.8 Å². The average Bonchev–Trinajstić information content (AvgIpc) is 2.79. The summed E-state index contributed by atoms with van der Waals surface area (Å²) in [4.78, 5) is 34.4. The number of benzene rings is 1. The normalized spacial score (nSPS) is 10.7. The van der Waals surface area contributed by atoms with E-state index in [1.807, 2.05) is 36.6 Å². The van der Waals surface area contributed by atoms with Crippen LogP contribution in [0.1, 0.15) is 17.0 Å². The van der Waals surface area contributed by atoms with Gasteiger partial charge in [0.1, 0.15) is 0 Å². The SMILES string of the molecule is Cc1cc(CC(=O)NC(C(N)=O)C(N)=O)c(C)n1-c1ccc(Cl)cc1. The van der Waals surface area contributed by atoms with E-state index >= 15 is 0 Å². The van der Waals surface area contributed by atoms with Gasteiger partial charge >= 0.3 is 0 Å². The van der Waals surface area contributed by atoms with Crippen LogP contribution >= 0.6 is 11.6 Å². The summed E-state index contributed by atoms with van der Waals surface area (Å²) in [5, 5.41) is 2.89. The summed E-state index contributed by atoms with van der Waals surface area (Å²) in [6.45, 7) is 3.79. The van der Waals surface area contributed by atoms with Gasteiger partial charge in [-0.25, -0.2) is 0 Å². The maximum Gasteiger partial charge on any atom is 0.249 e. The number of aromatic nitrogens is 1. The third-order valence-corrected chi connectivity index (χ3v) is 4.10. The highest BCUT2D eigenvalue weighted by molar-refractivity contribution is 6.30. The van der Waals surface area contributed by atoms with Crippen LogP contribution in [0.4, 0.5) is 0 Å². The number of halogens is 1. The molecule has 0 bridgehead atoms. The molecule has 2 rings (SSSR count). The Labute approximate surface area is 149 Å². The van der Waals surface area contributed by atoms with Crippen LogP contribution in [0.15, 0.2) is 30.3 Å². The number of hydrogen-bond acceptors (Lipinski definition) is 3. The minimum absolute atomic E-state index is 0.00960. The lowest BCUT2D eigenvalue weighted by Crippen LogP contribution is -2.52. The number of primary amides is 2. The number of aryl methyl sites for hydroxylation is 1. The Kier molecular flexibility index (Phi) is 5.48. The van der Waals surface area contributed by atoms with E-state index in [0.717, 1.165) is 22.6 Å². The van der Waals surface area contributed by atoms with Crippen molar-refractivity contribution in [2.75, 3.05) is 0 Å². The second-order valence-corrected chi connectivity index (χ2v) is 6.13. The molecule has 0 atom stereocenters. The number of hydrogen-bond donors (Lipinski definition) is 3. The first-order valence-corrected chi connectivity index (χ1v) is 7.90. The van der Waals surface area contributed by atoms with E-state index in [4.69, 9.17) is 23.1 Å². The summed E-state index contributed by atoms with van der Waals surface area (Å²) in [6.07, 6.45) is -0.00960. The fourth-order valence-electron chi connectivity index (χ4n) is 2.66. The van der Waals surface area contributed by atoms with Crippen LogP contribution in [-0.2, 0) is 20.8 Å². The fraction of sp³-hybridized carbons (Fsp3) is 0.235. The summed E-state index contributed by atoms with van der Waals surface area (Å²) in [7, 11) is 0. The Morgan fingerprint density at radius 3 is 2.20 bits per heavy atom. The summed E-state index contributed by atoms with van der Waals surface area (Å²) >= 11 is 5.91. The van der Waals surface area contributed by atoms with Gasteiger partial charge in [-0.2, -0.15) is 0 Å². The molecule has 1 heterocycles. The van der Waals surface area contributed by atoms with Gasteiger partial charge in [0.15, 0.2) is 6.04 Å². The monoisotopic (exact) mass is 362 g/mol. The lowest BCUT2D eigenvalue weighted by molar-refractivity contribution is -0.133. The quantitative estimate of drug-likeness (QED) is 0.657. The molecular weight excluding hydrogens is 344 g/mol. The third-order valence-electron chi connectivity index (χ3n) is 3.85. The van der Waals surface area contributed by atoms with Crippen LogP contribution in [0.25, 0.3) is 5.69 Å². The van der Waals surface area contributed by atoms with Crippen molar-refractivity contribution in [1.29, 1.82) is 0 Å². The van der Waals surface area contributed by atoms with Crippen LogP contribution < -0.4 is 16.8 Å². The summed E-state index contributed by atoms with van der Waals surface area (Å²) in [5.74, 6) is -2.50. The minimum Gasteiger partial charge on any atom is -0.367 e. The van der Waals surface area contributed by atoms with Crippen molar-refractivity contribution >= 4 is 29.3 Å². The predicted molar refractivity (Wildman–Crippen MR) is 94.3 cm³/mol. The maximum atomic E-state index is 12.1. The predicted octanol–water partition coefficient (Wildman–Crippen LogP) is 0.745. The summed E-state index contributed by atoms with van der Waals surface area (Å²) in [6, 6.07) is 7.67. The van der Waals surface area contributed by atoms with Gasteiger partial charge in [-0.1, -0.05) is 11.6 Å². The van der Waals surface area contributed by atoms with Gasteiger partial charge in [0.2, 0.25) is 17.7 Å². The van der Waals surface area contributed by atoms with Crippen molar-refractivity contribution in [1.82, 2.24) is 9.88 Å². The molecule has 8 heteroatoms. The Bertz CT molecular complexity index is 813. The summed E-state index contributed by atoms with van der Waals surface area (Å²) < 4.78 is 1.98. The number of amides is 3. The zero-order valence-electron chi connectivity index (χ0n) is 13.9. The molecule has 25 heavy (non-hydrogen) atoms. The lowest BCUT2D eigenvalue weighted by atomic mass is 10.1. The molecule has 7 nitrogen and oxygen atoms in total. The van der Waals surface area contributed by atoms with Gasteiger partial charge in [0, 0.05) is 22.1 Å². The molecule has 1 aromatic carbocycles. The van der Waals surface area contributed by atoms with Crippen molar-refractivity contribution in [2.45, 2.75) is 26.3 Å². The molecule has 1 aromatic heterocycles. The number of nitrogens with two attached hydrogens (primary N) is 2. The Hall–Kier alpha value is -2.80. The van der Waals surface area contributed by atoms with E-state index in [1.54, 1.807) is 12.1 Å². The average molecular weight is 363 g/mol. The molecule has 132 valence electrons. The summed E-state index contributed by atoms with van der Waals surface area (Å²) in [5.41, 5.74) is 13.6. The van der Waals surface area contributed by atoms with E-state index in [1.165, 1.54) is 0 Å². The van der Waals surface area contributed by atoms with Crippen LogP contribution in [0.2, 0.25) is 5.02 Å². The van der Waals surface area contributed by atoms with E-state index in [2.05, 4.69) is 5.32 Å². The number of nitrogens with zero attached hydrogens (tertiary/aromatic N) is 1. The number of carbonyl (C=O) groups excluding carboxylic acids is 3. The molecule has 0 aliphatic carbocycles. The maximum absolute atomic E-state index is 12.1. The fourth-order valence-corrected chi connectivity index (χ4v) is 2.79. The molecule has 2 aromatic rings. The highest BCUT2D eigenvalue weighted by atomic mass is 35.5. The molecule has 0 fully saturated rings. The van der Waals surface area contributed by atoms with E-state index in [9.17, 15) is 14.4 Å². The number of nitrogens with one attached hydrogen (secondary N) is 1. The zero-order valence-corrected chi connectivity index (χ0v) is 14.6. The Morgan fingerprint density at radius 2 is 1.68 bits per heavy atom. The molecule has 0 aliphatic rings. The zero-order chi connectivity index (χ0) is 18.7. The van der Waals surface area contributed by atoms with Gasteiger partial charge in [-0.3, -0.25) is 14.4 Å². The van der Waals surface area contributed by atoms with Crippen LogP contribution in [0, 0.1) is 13.8 Å². The first-order valence-electron chi connectivity index (χ1n) is 7.52. The molecular formula is C17H19ClN4O3. The molecule has 5 N–H and O–H groups in total. The number of carbonyl (C=O) groups is 3.